The number of anilines is 1. The van der Waals surface area contributed by atoms with Gasteiger partial charge in [-0.2, -0.15) is 0 Å². The van der Waals surface area contributed by atoms with Crippen molar-refractivity contribution >= 4 is 15.8 Å². The maximum atomic E-state index is 12.0. The molecule has 2 aromatic heterocycles. The van der Waals surface area contributed by atoms with Crippen molar-refractivity contribution in [2.24, 2.45) is 0 Å². The predicted molar refractivity (Wildman–Crippen MR) is 102 cm³/mol. The highest BCUT2D eigenvalue weighted by atomic mass is 32.2. The summed E-state index contributed by atoms with van der Waals surface area (Å²) in [6.07, 6.45) is 5.01. The molecule has 1 fully saturated rings. The zero-order valence-corrected chi connectivity index (χ0v) is 16.3. The second kappa shape index (κ2) is 7.67. The van der Waals surface area contributed by atoms with E-state index in [1.807, 2.05) is 26.0 Å². The lowest BCUT2D eigenvalue weighted by molar-refractivity contribution is 0.330. The molecule has 8 heteroatoms. The number of hydrogen-bond acceptors (Lipinski definition) is 6. The van der Waals surface area contributed by atoms with Crippen LogP contribution in [0, 0.1) is 13.8 Å². The largest absolute Gasteiger partial charge is 0.367 e. The van der Waals surface area contributed by atoms with Crippen LogP contribution < -0.4 is 5.32 Å². The van der Waals surface area contributed by atoms with Gasteiger partial charge in [-0.25, -0.2) is 22.7 Å². The number of aryl methyl sites for hydroxylation is 1. The molecule has 0 unspecified atom stereocenters. The van der Waals surface area contributed by atoms with Gasteiger partial charge in [-0.15, -0.1) is 0 Å². The van der Waals surface area contributed by atoms with E-state index in [0.717, 1.165) is 35.5 Å². The van der Waals surface area contributed by atoms with Crippen LogP contribution in [0.25, 0.3) is 11.4 Å². The molecule has 0 saturated carbocycles. The molecule has 3 rings (SSSR count). The quantitative estimate of drug-likeness (QED) is 0.863. The van der Waals surface area contributed by atoms with Crippen molar-refractivity contribution in [1.29, 1.82) is 0 Å². The van der Waals surface area contributed by atoms with Gasteiger partial charge in [0.1, 0.15) is 5.82 Å². The zero-order chi connectivity index (χ0) is 18.7. The van der Waals surface area contributed by atoms with Crippen LogP contribution in [-0.2, 0) is 10.0 Å². The molecular formula is C18H25N5O2S. The Morgan fingerprint density at radius 2 is 1.96 bits per heavy atom. The van der Waals surface area contributed by atoms with Crippen molar-refractivity contribution < 1.29 is 8.42 Å². The molecule has 0 spiro atoms. The maximum absolute atomic E-state index is 12.0. The lowest BCUT2D eigenvalue weighted by Gasteiger charge is -2.32. The Morgan fingerprint density at radius 1 is 1.23 bits per heavy atom. The van der Waals surface area contributed by atoms with E-state index in [-0.39, 0.29) is 11.8 Å². The summed E-state index contributed by atoms with van der Waals surface area (Å²) in [5, 5.41) is 3.50. The highest BCUT2D eigenvalue weighted by molar-refractivity contribution is 7.89. The minimum absolute atomic E-state index is 0.157. The Labute approximate surface area is 154 Å². The second-order valence-corrected chi connectivity index (χ2v) is 8.82. The topological polar surface area (TPSA) is 88.1 Å². The standard InChI is InChI=1S/C18H25N5O2S/c1-4-26(24,25)23-10-7-16(8-11-23)21-17-13(2)14(3)20-18(22-17)15-6-5-9-19-12-15/h5-6,9,12,16H,4,7-8,10-11H2,1-3H3,(H,20,21,22). The summed E-state index contributed by atoms with van der Waals surface area (Å²) in [7, 11) is -3.10. The lowest BCUT2D eigenvalue weighted by Crippen LogP contribution is -2.43. The Kier molecular flexibility index (Phi) is 5.52. The Bertz CT molecular complexity index is 863. The first-order chi connectivity index (χ1) is 12.4. The summed E-state index contributed by atoms with van der Waals surface area (Å²) in [5.41, 5.74) is 2.82. The number of piperidine rings is 1. The Balaban J connectivity index is 1.76. The fourth-order valence-electron chi connectivity index (χ4n) is 3.05. The average Bonchev–Trinajstić information content (AvgIpc) is 2.66. The van der Waals surface area contributed by atoms with Crippen LogP contribution in [0.4, 0.5) is 5.82 Å². The molecular weight excluding hydrogens is 350 g/mol. The summed E-state index contributed by atoms with van der Waals surface area (Å²) >= 11 is 0. The number of nitrogens with one attached hydrogen (secondary N) is 1. The van der Waals surface area contributed by atoms with Crippen LogP contribution >= 0.6 is 0 Å². The van der Waals surface area contributed by atoms with Crippen molar-refractivity contribution in [3.63, 3.8) is 0 Å². The number of aromatic nitrogens is 3. The molecule has 1 N–H and O–H groups in total. The van der Waals surface area contributed by atoms with E-state index in [2.05, 4.69) is 20.3 Å². The summed E-state index contributed by atoms with van der Waals surface area (Å²) in [6, 6.07) is 4.01. The fraction of sp³-hybridized carbons (Fsp3) is 0.500. The molecule has 1 saturated heterocycles. The van der Waals surface area contributed by atoms with Crippen molar-refractivity contribution in [3.05, 3.63) is 35.8 Å². The summed E-state index contributed by atoms with van der Waals surface area (Å²) in [6.45, 7) is 6.76. The Hall–Kier alpha value is -2.06. The number of pyridine rings is 1. The second-order valence-electron chi connectivity index (χ2n) is 6.57. The first kappa shape index (κ1) is 18.7. The monoisotopic (exact) mass is 375 g/mol. The van der Waals surface area contributed by atoms with Crippen molar-refractivity contribution in [2.75, 3.05) is 24.2 Å². The van der Waals surface area contributed by atoms with Crippen LogP contribution in [0.15, 0.2) is 24.5 Å². The minimum Gasteiger partial charge on any atom is -0.367 e. The molecule has 1 aliphatic rings. The molecule has 1 aliphatic heterocycles. The van der Waals surface area contributed by atoms with Gasteiger partial charge in [0.25, 0.3) is 0 Å². The van der Waals surface area contributed by atoms with E-state index >= 15 is 0 Å². The summed E-state index contributed by atoms with van der Waals surface area (Å²) < 4.78 is 25.6. The van der Waals surface area contributed by atoms with Gasteiger partial charge in [-0.05, 0) is 45.7 Å². The number of sulfonamides is 1. The van der Waals surface area contributed by atoms with Crippen LogP contribution in [0.2, 0.25) is 0 Å². The van der Waals surface area contributed by atoms with Crippen molar-refractivity contribution in [2.45, 2.75) is 39.7 Å². The van der Waals surface area contributed by atoms with Gasteiger partial charge in [-0.1, -0.05) is 0 Å². The van der Waals surface area contributed by atoms with Crippen LogP contribution in [0.1, 0.15) is 31.0 Å². The SMILES string of the molecule is CCS(=O)(=O)N1CCC(Nc2nc(-c3cccnc3)nc(C)c2C)CC1. The number of rotatable bonds is 5. The molecule has 0 radical (unpaired) electrons. The summed E-state index contributed by atoms with van der Waals surface area (Å²) in [5.74, 6) is 1.62. The van der Waals surface area contributed by atoms with Crippen molar-refractivity contribution in [1.82, 2.24) is 19.3 Å². The first-order valence-electron chi connectivity index (χ1n) is 8.90. The van der Waals surface area contributed by atoms with E-state index in [9.17, 15) is 8.42 Å². The molecule has 0 aliphatic carbocycles. The molecule has 3 heterocycles. The number of nitrogens with zero attached hydrogens (tertiary/aromatic N) is 4. The van der Waals surface area contributed by atoms with Gasteiger partial charge < -0.3 is 5.32 Å². The molecule has 140 valence electrons. The highest BCUT2D eigenvalue weighted by Gasteiger charge is 2.27. The third kappa shape index (κ3) is 4.02. The van der Waals surface area contributed by atoms with Gasteiger partial charge >= 0.3 is 0 Å². The lowest BCUT2D eigenvalue weighted by atomic mass is 10.1. The smallest absolute Gasteiger partial charge is 0.213 e. The number of hydrogen-bond donors (Lipinski definition) is 1. The van der Waals surface area contributed by atoms with Gasteiger partial charge in [0.05, 0.1) is 5.75 Å². The van der Waals surface area contributed by atoms with Crippen LogP contribution in [-0.4, -0.2) is 52.6 Å². The van der Waals surface area contributed by atoms with E-state index in [1.54, 1.807) is 23.6 Å². The van der Waals surface area contributed by atoms with Crippen LogP contribution in [0.5, 0.6) is 0 Å². The van der Waals surface area contributed by atoms with E-state index in [0.29, 0.717) is 18.9 Å². The maximum Gasteiger partial charge on any atom is 0.213 e. The molecule has 7 nitrogen and oxygen atoms in total. The molecule has 2 aromatic rings. The predicted octanol–water partition coefficient (Wildman–Crippen LogP) is 2.38. The highest BCUT2D eigenvalue weighted by Crippen LogP contribution is 2.24. The van der Waals surface area contributed by atoms with Gasteiger partial charge in [0, 0.05) is 48.3 Å². The third-order valence-corrected chi connectivity index (χ3v) is 6.74. The fourth-order valence-corrected chi connectivity index (χ4v) is 4.18. The van der Waals surface area contributed by atoms with E-state index in [1.165, 1.54) is 0 Å². The van der Waals surface area contributed by atoms with E-state index in [4.69, 9.17) is 0 Å². The van der Waals surface area contributed by atoms with Crippen LogP contribution in [0.3, 0.4) is 0 Å². The normalized spacial score (nSPS) is 16.6. The summed E-state index contributed by atoms with van der Waals surface area (Å²) in [4.78, 5) is 13.4. The van der Waals surface area contributed by atoms with Gasteiger partial charge in [-0.3, -0.25) is 4.98 Å². The third-order valence-electron chi connectivity index (χ3n) is 4.86. The van der Waals surface area contributed by atoms with Gasteiger partial charge in [0.2, 0.25) is 10.0 Å². The Morgan fingerprint density at radius 3 is 2.58 bits per heavy atom. The first-order valence-corrected chi connectivity index (χ1v) is 10.5. The van der Waals surface area contributed by atoms with E-state index < -0.39 is 10.0 Å². The van der Waals surface area contributed by atoms with Crippen molar-refractivity contribution in [3.8, 4) is 11.4 Å². The molecule has 0 bridgehead atoms. The molecule has 0 amide bonds. The minimum atomic E-state index is -3.10. The molecule has 0 atom stereocenters. The molecule has 0 aromatic carbocycles. The zero-order valence-electron chi connectivity index (χ0n) is 15.4. The average molecular weight is 375 g/mol. The molecule has 26 heavy (non-hydrogen) atoms. The van der Waals surface area contributed by atoms with Gasteiger partial charge in [0.15, 0.2) is 5.82 Å².